The minimum Gasteiger partial charge on any atom is -0.350 e. The molecule has 1 atom stereocenters. The first-order chi connectivity index (χ1) is 16.7. The van der Waals surface area contributed by atoms with E-state index in [1.165, 1.54) is 35.1 Å². The largest absolute Gasteiger partial charge is 0.350 e. The molecule has 1 amide bonds. The normalized spacial score (nSPS) is 21.5. The third kappa shape index (κ3) is 4.47. The predicted molar refractivity (Wildman–Crippen MR) is 123 cm³/mol. The Labute approximate surface area is 201 Å². The van der Waals surface area contributed by atoms with Crippen molar-refractivity contribution in [3.05, 3.63) is 42.2 Å². The van der Waals surface area contributed by atoms with Crippen molar-refractivity contribution in [1.82, 2.24) is 29.3 Å². The molecule has 11 nitrogen and oxygen atoms in total. The summed E-state index contributed by atoms with van der Waals surface area (Å²) in [7, 11) is -4.19. The van der Waals surface area contributed by atoms with Crippen molar-refractivity contribution in [3.63, 3.8) is 0 Å². The fourth-order valence-corrected chi connectivity index (χ4v) is 5.84. The van der Waals surface area contributed by atoms with Crippen molar-refractivity contribution in [1.29, 1.82) is 0 Å². The molecule has 3 aromatic rings. The number of halogens is 1. The monoisotopic (exact) mass is 503 g/mol. The van der Waals surface area contributed by atoms with Crippen LogP contribution < -0.4 is 14.6 Å². The summed E-state index contributed by atoms with van der Waals surface area (Å²) in [6, 6.07) is 5.73. The highest BCUT2D eigenvalue weighted by Gasteiger charge is 2.41. The van der Waals surface area contributed by atoms with E-state index in [0.29, 0.717) is 30.6 Å². The number of amides is 1. The van der Waals surface area contributed by atoms with E-state index < -0.39 is 15.9 Å². The van der Waals surface area contributed by atoms with Crippen molar-refractivity contribution < 1.29 is 22.7 Å². The zero-order valence-electron chi connectivity index (χ0n) is 19.4. The van der Waals surface area contributed by atoms with E-state index in [1.807, 2.05) is 4.90 Å². The molecular formula is C22H26FN7O4S. The summed E-state index contributed by atoms with van der Waals surface area (Å²) >= 11 is 0. The minimum absolute atomic E-state index is 0.106. The molecule has 0 spiro atoms. The Morgan fingerprint density at radius 1 is 1.14 bits per heavy atom. The number of carbonyl (C=O) groups excluding carboxylic acids is 1. The number of sulfonamides is 1. The van der Waals surface area contributed by atoms with Gasteiger partial charge in [-0.3, -0.25) is 14.4 Å². The third-order valence-electron chi connectivity index (χ3n) is 6.57. The molecule has 5 rings (SSSR count). The van der Waals surface area contributed by atoms with Gasteiger partial charge in [-0.05, 0) is 57.2 Å². The Kier molecular flexibility index (Phi) is 5.74. The van der Waals surface area contributed by atoms with Crippen molar-refractivity contribution in [2.75, 3.05) is 11.4 Å². The standard InChI is InChI=1S/C22H26FN7O4S/c1-22(2)13-15-5-3-4-10-28-11-9-19(26-28)35(32,33)27-21(31)16-6-7-17(24-20(16)29(22)14-15)30-12-8-18(25-30)34-23/h6-9,11-12,15H,3-5,10,13-14H2,1-2H3,(H,27,31)/t15-/m1/s1. The number of carbonyl (C=O) groups is 1. The topological polar surface area (TPSA) is 124 Å². The van der Waals surface area contributed by atoms with E-state index in [0.717, 1.165) is 25.7 Å². The average Bonchev–Trinajstić information content (AvgIpc) is 3.54. The van der Waals surface area contributed by atoms with Gasteiger partial charge in [-0.25, -0.2) is 14.4 Å². The van der Waals surface area contributed by atoms with Gasteiger partial charge in [0.2, 0.25) is 0 Å². The van der Waals surface area contributed by atoms with Crippen LogP contribution >= 0.6 is 0 Å². The molecule has 5 heterocycles. The second-order valence-corrected chi connectivity index (χ2v) is 11.2. The van der Waals surface area contributed by atoms with Crippen LogP contribution in [0.3, 0.4) is 0 Å². The number of nitrogens with zero attached hydrogens (tertiary/aromatic N) is 6. The number of fused-ring (bicyclic) bond motifs is 6. The quantitative estimate of drug-likeness (QED) is 0.566. The molecule has 0 aromatic carbocycles. The maximum Gasteiger partial charge on any atom is 0.283 e. The summed E-state index contributed by atoms with van der Waals surface area (Å²) in [6.45, 7) is 5.43. The molecule has 0 unspecified atom stereocenters. The molecule has 0 saturated carbocycles. The molecular weight excluding hydrogens is 477 g/mol. The number of hydrogen-bond donors (Lipinski definition) is 1. The lowest BCUT2D eigenvalue weighted by Crippen LogP contribution is -2.41. The van der Waals surface area contributed by atoms with E-state index >= 15 is 0 Å². The number of nitrogens with one attached hydrogen (secondary N) is 1. The molecule has 1 saturated heterocycles. The van der Waals surface area contributed by atoms with Crippen LogP contribution in [0.4, 0.5) is 10.3 Å². The summed E-state index contributed by atoms with van der Waals surface area (Å²) in [4.78, 5) is 23.7. The Hall–Kier alpha value is -3.48. The molecule has 1 fully saturated rings. The fraction of sp³-hybridized carbons (Fsp3) is 0.455. The van der Waals surface area contributed by atoms with Crippen LogP contribution in [0.5, 0.6) is 5.88 Å². The Morgan fingerprint density at radius 3 is 2.74 bits per heavy atom. The van der Waals surface area contributed by atoms with Gasteiger partial charge in [0.15, 0.2) is 10.8 Å². The molecule has 1 N–H and O–H groups in total. The van der Waals surface area contributed by atoms with Gasteiger partial charge >= 0.3 is 0 Å². The molecule has 4 bridgehead atoms. The number of hydrogen-bond acceptors (Lipinski definition) is 8. The predicted octanol–water partition coefficient (Wildman–Crippen LogP) is 2.63. The van der Waals surface area contributed by atoms with Crippen molar-refractivity contribution in [2.45, 2.75) is 56.6 Å². The van der Waals surface area contributed by atoms with Crippen LogP contribution in [-0.2, 0) is 16.6 Å². The third-order valence-corrected chi connectivity index (χ3v) is 7.79. The lowest BCUT2D eigenvalue weighted by molar-refractivity contribution is -0.0122. The van der Waals surface area contributed by atoms with Crippen LogP contribution in [0.15, 0.2) is 41.7 Å². The smallest absolute Gasteiger partial charge is 0.283 e. The van der Waals surface area contributed by atoms with E-state index in [2.05, 4.69) is 38.7 Å². The van der Waals surface area contributed by atoms with Crippen LogP contribution in [0, 0.1) is 5.92 Å². The van der Waals surface area contributed by atoms with Gasteiger partial charge in [-0.1, -0.05) is 6.42 Å². The molecule has 2 aliphatic heterocycles. The summed E-state index contributed by atoms with van der Waals surface area (Å²) in [6.07, 6.45) is 6.80. The van der Waals surface area contributed by atoms with Gasteiger partial charge in [-0.15, -0.1) is 5.10 Å². The maximum atomic E-state index is 13.3. The number of pyridine rings is 1. The van der Waals surface area contributed by atoms with Crippen LogP contribution in [0.1, 0.15) is 49.9 Å². The fourth-order valence-electron chi connectivity index (χ4n) is 4.92. The lowest BCUT2D eigenvalue weighted by Gasteiger charge is -2.34. The second-order valence-electron chi connectivity index (χ2n) is 9.56. The molecule has 0 radical (unpaired) electrons. The Bertz CT molecular complexity index is 1370. The first kappa shape index (κ1) is 23.3. The van der Waals surface area contributed by atoms with Crippen molar-refractivity contribution in [3.8, 4) is 11.7 Å². The van der Waals surface area contributed by atoms with Gasteiger partial charge in [-0.2, -0.15) is 13.5 Å². The Morgan fingerprint density at radius 2 is 1.97 bits per heavy atom. The van der Waals surface area contributed by atoms with Crippen LogP contribution in [0.25, 0.3) is 5.82 Å². The highest BCUT2D eigenvalue weighted by atomic mass is 32.2. The molecule has 2 aliphatic rings. The zero-order chi connectivity index (χ0) is 24.8. The first-order valence-corrected chi connectivity index (χ1v) is 12.9. The number of aromatic nitrogens is 5. The van der Waals surface area contributed by atoms with Gasteiger partial charge in [0.1, 0.15) is 5.82 Å². The van der Waals surface area contributed by atoms with E-state index in [-0.39, 0.29) is 22.0 Å². The SMILES string of the molecule is CC1(C)C[C@H]2CCCCn3ccc(n3)S(=O)(=O)NC(=O)c3ccc(-n4ccc(OF)n4)nc3N1C2. The number of aryl methyl sites for hydroxylation is 1. The molecule has 13 heteroatoms. The van der Waals surface area contributed by atoms with E-state index in [1.54, 1.807) is 10.9 Å². The highest BCUT2D eigenvalue weighted by Crippen LogP contribution is 2.39. The molecule has 186 valence electrons. The Balaban J connectivity index is 1.61. The van der Waals surface area contributed by atoms with Crippen LogP contribution in [0.2, 0.25) is 0 Å². The van der Waals surface area contributed by atoms with Gasteiger partial charge < -0.3 is 4.90 Å². The summed E-state index contributed by atoms with van der Waals surface area (Å²) in [5.41, 5.74) is -0.221. The zero-order valence-corrected chi connectivity index (χ0v) is 20.2. The number of anilines is 1. The summed E-state index contributed by atoms with van der Waals surface area (Å²) in [5.74, 6) is 0.00773. The van der Waals surface area contributed by atoms with E-state index in [9.17, 15) is 17.7 Å². The van der Waals surface area contributed by atoms with E-state index in [4.69, 9.17) is 0 Å². The summed E-state index contributed by atoms with van der Waals surface area (Å²) < 4.78 is 43.4. The van der Waals surface area contributed by atoms with Gasteiger partial charge in [0.25, 0.3) is 21.8 Å². The molecule has 35 heavy (non-hydrogen) atoms. The van der Waals surface area contributed by atoms with Gasteiger partial charge in [0, 0.05) is 41.6 Å². The second kappa shape index (κ2) is 8.63. The summed E-state index contributed by atoms with van der Waals surface area (Å²) in [5, 5.41) is 7.88. The molecule has 3 aromatic heterocycles. The average molecular weight is 504 g/mol. The molecule has 0 aliphatic carbocycles. The minimum atomic E-state index is -4.19. The van der Waals surface area contributed by atoms with Gasteiger partial charge in [0.05, 0.1) is 5.56 Å². The lowest BCUT2D eigenvalue weighted by atomic mass is 9.93. The van der Waals surface area contributed by atoms with Crippen LogP contribution in [-0.4, -0.2) is 51.0 Å². The first-order valence-electron chi connectivity index (χ1n) is 11.4. The maximum absolute atomic E-state index is 13.3. The number of rotatable bonds is 2. The highest BCUT2D eigenvalue weighted by molar-refractivity contribution is 7.90. The van der Waals surface area contributed by atoms with Crippen molar-refractivity contribution >= 4 is 21.7 Å². The van der Waals surface area contributed by atoms with Crippen molar-refractivity contribution in [2.24, 2.45) is 5.92 Å².